The van der Waals surface area contributed by atoms with Gasteiger partial charge in [-0.2, -0.15) is 0 Å². The van der Waals surface area contributed by atoms with E-state index < -0.39 is 0 Å². The summed E-state index contributed by atoms with van der Waals surface area (Å²) in [5.74, 6) is 0. The summed E-state index contributed by atoms with van der Waals surface area (Å²) in [6.07, 6.45) is 5.63. The molecule has 3 nitrogen and oxygen atoms in total. The summed E-state index contributed by atoms with van der Waals surface area (Å²) in [5.41, 5.74) is 23.6. The molecule has 0 aliphatic heterocycles. The summed E-state index contributed by atoms with van der Waals surface area (Å²) in [4.78, 5) is 14.1. The molecule has 0 aliphatic rings. The third kappa shape index (κ3) is 9.01. The Kier molecular flexibility index (Phi) is 11.9. The Bertz CT molecular complexity index is 3590. The molecule has 0 fully saturated rings. The van der Waals surface area contributed by atoms with Crippen LogP contribution >= 0.6 is 0 Å². The van der Waals surface area contributed by atoms with Crippen LogP contribution in [0.3, 0.4) is 0 Å². The minimum Gasteiger partial charge on any atom is -0.256 e. The van der Waals surface area contributed by atoms with Gasteiger partial charge < -0.3 is 0 Å². The molecule has 3 aromatic heterocycles. The van der Waals surface area contributed by atoms with E-state index in [0.29, 0.717) is 0 Å². The van der Waals surface area contributed by atoms with Gasteiger partial charge in [0.05, 0.1) is 17.1 Å². The molecule has 0 spiro atoms. The minimum absolute atomic E-state index is 0.0323. The van der Waals surface area contributed by atoms with Gasteiger partial charge >= 0.3 is 0 Å². The van der Waals surface area contributed by atoms with Crippen LogP contribution in [0.4, 0.5) is 0 Å². The first-order valence-electron chi connectivity index (χ1n) is 24.0. The molecule has 3 heteroatoms. The van der Waals surface area contributed by atoms with Crippen LogP contribution in [0.1, 0.15) is 26.3 Å². The van der Waals surface area contributed by atoms with Crippen molar-refractivity contribution in [3.8, 4) is 112 Å². The highest BCUT2D eigenvalue weighted by Crippen LogP contribution is 2.45. The molecule has 70 heavy (non-hydrogen) atoms. The summed E-state index contributed by atoms with van der Waals surface area (Å²) in [7, 11) is 0. The van der Waals surface area contributed by atoms with Crippen molar-refractivity contribution in [3.63, 3.8) is 0 Å². The van der Waals surface area contributed by atoms with E-state index in [-0.39, 0.29) is 5.41 Å². The van der Waals surface area contributed by atoms with Gasteiger partial charge in [-0.3, -0.25) is 15.0 Å². The van der Waals surface area contributed by atoms with Gasteiger partial charge in [-0.15, -0.1) is 0 Å². The number of pyridine rings is 3. The molecule has 3 heterocycles. The fraction of sp³-hybridized carbons (Fsp3) is 0.0597. The molecule has 0 bridgehead atoms. The van der Waals surface area contributed by atoms with E-state index in [4.69, 9.17) is 9.97 Å². The SMILES string of the molecule is CC(C)(C)c1ccnc(-c2ccc(-c3ccccc3-c3cc(-c4ccccc4-c4ccc(-c5ccccn5)cc4)cc(-c4ccccc4-c4ccc(-c5ccccn5)cc4-c4ccccc4)c3)cc2)c1. The first-order valence-corrected chi connectivity index (χ1v) is 24.0. The number of benzene rings is 8. The van der Waals surface area contributed by atoms with Crippen LogP contribution < -0.4 is 0 Å². The maximum atomic E-state index is 4.78. The Labute approximate surface area is 411 Å². The van der Waals surface area contributed by atoms with Gasteiger partial charge in [0, 0.05) is 35.3 Å². The van der Waals surface area contributed by atoms with Crippen LogP contribution in [0, 0.1) is 0 Å². The molecular formula is C67H51N3. The number of hydrogen-bond donors (Lipinski definition) is 0. The van der Waals surface area contributed by atoms with E-state index in [1.165, 1.54) is 5.56 Å². The number of hydrogen-bond acceptors (Lipinski definition) is 3. The second-order valence-corrected chi connectivity index (χ2v) is 18.8. The van der Waals surface area contributed by atoms with Gasteiger partial charge in [-0.25, -0.2) is 0 Å². The molecule has 0 saturated heterocycles. The largest absolute Gasteiger partial charge is 0.256 e. The molecule has 0 amide bonds. The number of rotatable bonds is 10. The van der Waals surface area contributed by atoms with Crippen molar-refractivity contribution >= 4 is 0 Å². The van der Waals surface area contributed by atoms with E-state index in [1.807, 2.05) is 42.9 Å². The van der Waals surface area contributed by atoms with Crippen molar-refractivity contribution in [1.29, 1.82) is 0 Å². The van der Waals surface area contributed by atoms with Gasteiger partial charge in [0.25, 0.3) is 0 Å². The number of aromatic nitrogens is 3. The van der Waals surface area contributed by atoms with Crippen molar-refractivity contribution in [2.45, 2.75) is 26.2 Å². The predicted octanol–water partition coefficient (Wildman–Crippen LogP) is 17.8. The second-order valence-electron chi connectivity index (χ2n) is 18.8. The van der Waals surface area contributed by atoms with Crippen LogP contribution in [-0.2, 0) is 5.41 Å². The lowest BCUT2D eigenvalue weighted by Crippen LogP contribution is -2.11. The Morgan fingerprint density at radius 3 is 1.10 bits per heavy atom. The Morgan fingerprint density at radius 1 is 0.229 bits per heavy atom. The highest BCUT2D eigenvalue weighted by molar-refractivity contribution is 5.97. The zero-order valence-electron chi connectivity index (χ0n) is 39.6. The zero-order chi connectivity index (χ0) is 47.4. The van der Waals surface area contributed by atoms with Crippen LogP contribution in [0.2, 0.25) is 0 Å². The molecule has 0 aliphatic carbocycles. The molecule has 0 atom stereocenters. The standard InChI is InChI=1S/C67H51N3/c1-67(2,3)55-37-40-70-66(45-55)50-33-29-48(30-34-50)57-20-8-10-22-59(57)53-41-52(58-21-9-7-19-56(58)47-27-31-49(32-28-47)64-25-13-15-38-68-64)42-54(43-53)60-23-11-12-24-61(60)62-36-35-51(65-26-14-16-39-69-65)44-63(62)46-17-5-4-6-18-46/h4-45H,1-3H3. The molecule has 334 valence electrons. The van der Waals surface area contributed by atoms with E-state index in [0.717, 1.165) is 112 Å². The van der Waals surface area contributed by atoms with Crippen molar-refractivity contribution in [3.05, 3.63) is 261 Å². The first-order chi connectivity index (χ1) is 34.3. The topological polar surface area (TPSA) is 38.7 Å². The maximum Gasteiger partial charge on any atom is 0.0704 e. The van der Waals surface area contributed by atoms with Gasteiger partial charge in [-0.05, 0) is 150 Å². The third-order valence-electron chi connectivity index (χ3n) is 13.3. The van der Waals surface area contributed by atoms with Gasteiger partial charge in [0.2, 0.25) is 0 Å². The van der Waals surface area contributed by atoms with E-state index in [1.54, 1.807) is 0 Å². The Hall–Kier alpha value is -8.79. The van der Waals surface area contributed by atoms with Crippen molar-refractivity contribution < 1.29 is 0 Å². The van der Waals surface area contributed by atoms with Crippen LogP contribution in [-0.4, -0.2) is 15.0 Å². The highest BCUT2D eigenvalue weighted by atomic mass is 14.7. The summed E-state index contributed by atoms with van der Waals surface area (Å²) < 4.78 is 0. The fourth-order valence-corrected chi connectivity index (χ4v) is 9.59. The van der Waals surface area contributed by atoms with Gasteiger partial charge in [0.15, 0.2) is 0 Å². The van der Waals surface area contributed by atoms with Crippen molar-refractivity contribution in [2.24, 2.45) is 0 Å². The van der Waals surface area contributed by atoms with Crippen LogP contribution in [0.15, 0.2) is 255 Å². The zero-order valence-corrected chi connectivity index (χ0v) is 39.6. The first kappa shape index (κ1) is 43.8. The molecule has 11 rings (SSSR count). The highest BCUT2D eigenvalue weighted by Gasteiger charge is 2.19. The van der Waals surface area contributed by atoms with Gasteiger partial charge in [0.1, 0.15) is 0 Å². The van der Waals surface area contributed by atoms with Crippen molar-refractivity contribution in [1.82, 2.24) is 15.0 Å². The molecule has 0 saturated carbocycles. The summed E-state index contributed by atoms with van der Waals surface area (Å²) in [5, 5.41) is 0. The second kappa shape index (κ2) is 19.1. The van der Waals surface area contributed by atoms with Gasteiger partial charge in [-0.1, -0.05) is 197 Å². The van der Waals surface area contributed by atoms with E-state index in [9.17, 15) is 0 Å². The molecule has 11 aromatic rings. The molecule has 8 aromatic carbocycles. The average molecular weight is 898 g/mol. The van der Waals surface area contributed by atoms with Crippen LogP contribution in [0.25, 0.3) is 112 Å². The minimum atomic E-state index is 0.0323. The molecule has 0 radical (unpaired) electrons. The summed E-state index contributed by atoms with van der Waals surface area (Å²) in [6, 6.07) is 85.2. The summed E-state index contributed by atoms with van der Waals surface area (Å²) >= 11 is 0. The third-order valence-corrected chi connectivity index (χ3v) is 13.3. The molecule has 0 N–H and O–H groups in total. The smallest absolute Gasteiger partial charge is 0.0704 e. The predicted molar refractivity (Wildman–Crippen MR) is 293 cm³/mol. The maximum absolute atomic E-state index is 4.78. The lowest BCUT2D eigenvalue weighted by Gasteiger charge is -2.20. The van der Waals surface area contributed by atoms with E-state index in [2.05, 4.69) is 238 Å². The van der Waals surface area contributed by atoms with Crippen LogP contribution in [0.5, 0.6) is 0 Å². The number of nitrogens with zero attached hydrogens (tertiary/aromatic N) is 3. The Morgan fingerprint density at radius 2 is 0.600 bits per heavy atom. The Balaban J connectivity index is 1.08. The lowest BCUT2D eigenvalue weighted by molar-refractivity contribution is 0.589. The molecular weight excluding hydrogens is 847 g/mol. The fourth-order valence-electron chi connectivity index (χ4n) is 9.59. The normalized spacial score (nSPS) is 11.4. The molecule has 0 unspecified atom stereocenters. The van der Waals surface area contributed by atoms with E-state index >= 15 is 0 Å². The summed E-state index contributed by atoms with van der Waals surface area (Å²) in [6.45, 7) is 6.73. The average Bonchev–Trinajstić information content (AvgIpc) is 3.43. The lowest BCUT2D eigenvalue weighted by atomic mass is 9.84. The quantitative estimate of drug-likeness (QED) is 0.137. The van der Waals surface area contributed by atoms with Crippen molar-refractivity contribution in [2.75, 3.05) is 0 Å². The monoisotopic (exact) mass is 897 g/mol.